The first-order valence-electron chi connectivity index (χ1n) is 8.62. The second-order valence-corrected chi connectivity index (χ2v) is 6.02. The van der Waals surface area contributed by atoms with Gasteiger partial charge >= 0.3 is 0 Å². The number of morpholine rings is 1. The van der Waals surface area contributed by atoms with Crippen molar-refractivity contribution in [2.24, 2.45) is 16.5 Å². The molecule has 0 bridgehead atoms. The highest BCUT2D eigenvalue weighted by atomic mass is 16.7. The van der Waals surface area contributed by atoms with Gasteiger partial charge in [0, 0.05) is 24.5 Å². The van der Waals surface area contributed by atoms with E-state index in [0.717, 1.165) is 5.69 Å². The third kappa shape index (κ3) is 6.48. The van der Waals surface area contributed by atoms with Gasteiger partial charge in [0.1, 0.15) is 6.61 Å². The van der Waals surface area contributed by atoms with Gasteiger partial charge in [-0.05, 0) is 37.1 Å². The summed E-state index contributed by atoms with van der Waals surface area (Å²) >= 11 is 0. The van der Waals surface area contributed by atoms with Crippen LogP contribution in [0.25, 0.3) is 0 Å². The molecule has 28 heavy (non-hydrogen) atoms. The number of hydrogen-bond donors (Lipinski definition) is 4. The van der Waals surface area contributed by atoms with Crippen molar-refractivity contribution in [3.63, 3.8) is 0 Å². The van der Waals surface area contributed by atoms with Crippen LogP contribution in [0.1, 0.15) is 12.8 Å². The molecule has 0 saturated carbocycles. The van der Waals surface area contributed by atoms with E-state index in [1.165, 1.54) is 0 Å². The predicted molar refractivity (Wildman–Crippen MR) is 102 cm³/mol. The minimum Gasteiger partial charge on any atom is -0.370 e. The molecule has 1 atom stereocenters. The Bertz CT molecular complexity index is 737. The van der Waals surface area contributed by atoms with Gasteiger partial charge in [0.05, 0.1) is 12.6 Å². The van der Waals surface area contributed by atoms with Crippen LogP contribution in [0.2, 0.25) is 0 Å². The summed E-state index contributed by atoms with van der Waals surface area (Å²) in [5.74, 6) is -0.779. The van der Waals surface area contributed by atoms with Crippen molar-refractivity contribution < 1.29 is 19.4 Å². The van der Waals surface area contributed by atoms with Crippen molar-refractivity contribution in [2.45, 2.75) is 18.9 Å². The summed E-state index contributed by atoms with van der Waals surface area (Å²) in [6.45, 7) is 1.23. The van der Waals surface area contributed by atoms with Crippen LogP contribution in [0, 0.1) is 10.1 Å². The molecule has 0 radical (unpaired) electrons. The highest BCUT2D eigenvalue weighted by Gasteiger charge is 2.20. The molecule has 1 fully saturated rings. The number of ether oxygens (including phenoxy) is 1. The minimum absolute atomic E-state index is 0.0606. The Balaban J connectivity index is 1.78. The van der Waals surface area contributed by atoms with E-state index in [2.05, 4.69) is 10.3 Å². The van der Waals surface area contributed by atoms with Gasteiger partial charge in [-0.2, -0.15) is 0 Å². The SMILES string of the molecule is NC(=NCCCC(N)C(=O)Nc1ccc(N2CCOCC2=O)cc1)N[N+](=O)[O-]. The number of nitrogens with one attached hydrogen (secondary N) is 2. The van der Waals surface area contributed by atoms with Gasteiger partial charge < -0.3 is 26.4 Å². The van der Waals surface area contributed by atoms with Crippen LogP contribution in [0.15, 0.2) is 29.3 Å². The zero-order valence-corrected chi connectivity index (χ0v) is 15.2. The summed E-state index contributed by atoms with van der Waals surface area (Å²) in [6, 6.07) is 6.10. The molecule has 1 unspecified atom stereocenters. The maximum absolute atomic E-state index is 12.1. The largest absolute Gasteiger partial charge is 0.370 e. The topological polar surface area (TPSA) is 178 Å². The lowest BCUT2D eigenvalue weighted by Gasteiger charge is -2.27. The Morgan fingerprint density at radius 1 is 1.39 bits per heavy atom. The number of nitrogens with two attached hydrogens (primary N) is 2. The standard InChI is InChI=1S/C16H23N7O5/c17-13(2-1-7-19-16(18)21-23(26)27)15(25)20-11-3-5-12(6-4-11)22-8-9-28-10-14(22)24/h3-6,13H,1-2,7-10,17H2,(H,20,25)(H3,18,19,21). The number of anilines is 2. The highest BCUT2D eigenvalue weighted by molar-refractivity contribution is 5.96. The Hall–Kier alpha value is -3.25. The number of hydrazine groups is 1. The van der Waals surface area contributed by atoms with Gasteiger partial charge in [-0.3, -0.25) is 9.59 Å². The van der Waals surface area contributed by atoms with Gasteiger partial charge in [0.25, 0.3) is 11.9 Å². The second-order valence-electron chi connectivity index (χ2n) is 6.02. The van der Waals surface area contributed by atoms with E-state index in [1.807, 2.05) is 0 Å². The third-order valence-electron chi connectivity index (χ3n) is 3.93. The normalized spacial score (nSPS) is 15.8. The van der Waals surface area contributed by atoms with Gasteiger partial charge in [0.2, 0.25) is 5.91 Å². The average Bonchev–Trinajstić information content (AvgIpc) is 2.65. The van der Waals surface area contributed by atoms with Gasteiger partial charge in [-0.1, -0.05) is 5.43 Å². The molecular weight excluding hydrogens is 370 g/mol. The molecule has 0 aromatic heterocycles. The number of aliphatic imine (C=N–C) groups is 1. The van der Waals surface area contributed by atoms with Gasteiger partial charge in [0.15, 0.2) is 5.03 Å². The third-order valence-corrected chi connectivity index (χ3v) is 3.93. The van der Waals surface area contributed by atoms with Crippen molar-refractivity contribution in [3.8, 4) is 0 Å². The lowest BCUT2D eigenvalue weighted by atomic mass is 10.1. The molecule has 2 rings (SSSR count). The Labute approximate surface area is 161 Å². The maximum Gasteiger partial charge on any atom is 0.253 e. The molecular formula is C16H23N7O5. The lowest BCUT2D eigenvalue weighted by Crippen LogP contribution is -2.41. The van der Waals surface area contributed by atoms with Gasteiger partial charge in [-0.25, -0.2) is 15.1 Å². The van der Waals surface area contributed by atoms with Crippen molar-refractivity contribution >= 4 is 29.1 Å². The lowest BCUT2D eigenvalue weighted by molar-refractivity contribution is -0.525. The van der Waals surface area contributed by atoms with E-state index in [4.69, 9.17) is 16.2 Å². The molecule has 1 aromatic carbocycles. The fourth-order valence-electron chi connectivity index (χ4n) is 2.52. The summed E-state index contributed by atoms with van der Waals surface area (Å²) in [6.07, 6.45) is 0.772. The zero-order chi connectivity index (χ0) is 20.5. The van der Waals surface area contributed by atoms with Crippen molar-refractivity contribution in [3.05, 3.63) is 34.4 Å². The fraction of sp³-hybridized carbons (Fsp3) is 0.438. The number of rotatable bonds is 8. The monoisotopic (exact) mass is 393 g/mol. The first-order valence-corrected chi connectivity index (χ1v) is 8.62. The zero-order valence-electron chi connectivity index (χ0n) is 15.2. The van der Waals surface area contributed by atoms with Crippen LogP contribution in [0.4, 0.5) is 11.4 Å². The second kappa shape index (κ2) is 10.2. The van der Waals surface area contributed by atoms with Crippen molar-refractivity contribution in [1.29, 1.82) is 0 Å². The van der Waals surface area contributed by atoms with Crippen LogP contribution in [-0.2, 0) is 14.3 Å². The molecule has 1 aliphatic heterocycles. The summed E-state index contributed by atoms with van der Waals surface area (Å²) in [5, 5.41) is 12.1. The number of carbonyl (C=O) groups excluding carboxylic acids is 2. The Kier molecular flexibility index (Phi) is 7.65. The molecule has 1 aliphatic rings. The predicted octanol–water partition coefficient (Wildman–Crippen LogP) is -0.808. The van der Waals surface area contributed by atoms with Crippen LogP contribution in [-0.4, -0.2) is 55.2 Å². The highest BCUT2D eigenvalue weighted by Crippen LogP contribution is 2.19. The minimum atomic E-state index is -0.807. The maximum atomic E-state index is 12.1. The van der Waals surface area contributed by atoms with E-state index >= 15 is 0 Å². The molecule has 12 nitrogen and oxygen atoms in total. The Morgan fingerprint density at radius 3 is 2.75 bits per heavy atom. The number of nitrogens with zero attached hydrogens (tertiary/aromatic N) is 3. The molecule has 6 N–H and O–H groups in total. The van der Waals surface area contributed by atoms with E-state index in [9.17, 15) is 19.7 Å². The van der Waals surface area contributed by atoms with Crippen molar-refractivity contribution in [1.82, 2.24) is 5.43 Å². The van der Waals surface area contributed by atoms with E-state index in [-0.39, 0.29) is 30.9 Å². The molecule has 152 valence electrons. The first kappa shape index (κ1) is 21.1. The summed E-state index contributed by atoms with van der Waals surface area (Å²) in [4.78, 5) is 39.5. The molecule has 0 aliphatic carbocycles. The first-order chi connectivity index (χ1) is 13.4. The van der Waals surface area contributed by atoms with Crippen LogP contribution in [0.5, 0.6) is 0 Å². The van der Waals surface area contributed by atoms with Crippen LogP contribution in [0.3, 0.4) is 0 Å². The van der Waals surface area contributed by atoms with E-state index in [1.54, 1.807) is 34.6 Å². The fourth-order valence-corrected chi connectivity index (χ4v) is 2.52. The summed E-state index contributed by atoms with van der Waals surface area (Å²) in [5.41, 5.74) is 14.1. The number of hydrogen-bond acceptors (Lipinski definition) is 7. The molecule has 2 amide bonds. The number of nitro groups is 1. The van der Waals surface area contributed by atoms with Crippen LogP contribution >= 0.6 is 0 Å². The molecule has 0 spiro atoms. The van der Waals surface area contributed by atoms with Crippen LogP contribution < -0.4 is 27.1 Å². The summed E-state index contributed by atoms with van der Waals surface area (Å²) < 4.78 is 5.10. The quantitative estimate of drug-likeness (QED) is 0.146. The summed E-state index contributed by atoms with van der Waals surface area (Å²) in [7, 11) is 0. The Morgan fingerprint density at radius 2 is 2.11 bits per heavy atom. The molecule has 1 heterocycles. The van der Waals surface area contributed by atoms with E-state index in [0.29, 0.717) is 31.7 Å². The molecule has 12 heteroatoms. The average molecular weight is 393 g/mol. The number of carbonyl (C=O) groups is 2. The smallest absolute Gasteiger partial charge is 0.253 e. The molecule has 1 saturated heterocycles. The van der Waals surface area contributed by atoms with Crippen molar-refractivity contribution in [2.75, 3.05) is 36.5 Å². The molecule has 1 aromatic rings. The number of benzene rings is 1. The number of guanidine groups is 1. The number of amides is 2. The van der Waals surface area contributed by atoms with E-state index < -0.39 is 11.1 Å². The van der Waals surface area contributed by atoms with Gasteiger partial charge in [-0.15, -0.1) is 0 Å².